The van der Waals surface area contributed by atoms with Gasteiger partial charge in [0.15, 0.2) is 11.5 Å². The van der Waals surface area contributed by atoms with Gasteiger partial charge in [-0.05, 0) is 54.1 Å². The minimum atomic E-state index is -0.548. The number of ether oxygens (including phenoxy) is 2. The average molecular weight is 380 g/mol. The second-order valence-electron chi connectivity index (χ2n) is 6.05. The third kappa shape index (κ3) is 4.59. The zero-order valence-electron chi connectivity index (χ0n) is 15.7. The summed E-state index contributed by atoms with van der Waals surface area (Å²) in [5.74, 6) is 0.326. The first kappa shape index (κ1) is 19.2. The Bertz CT molecular complexity index is 958. The van der Waals surface area contributed by atoms with Crippen molar-refractivity contribution in [2.24, 2.45) is 0 Å². The van der Waals surface area contributed by atoms with Gasteiger partial charge in [0.2, 0.25) is 0 Å². The number of anilines is 2. The summed E-state index contributed by atoms with van der Waals surface area (Å²) < 4.78 is 24.2. The van der Waals surface area contributed by atoms with E-state index in [1.165, 1.54) is 12.1 Å². The molecule has 3 rings (SSSR count). The van der Waals surface area contributed by atoms with Crippen molar-refractivity contribution >= 4 is 17.3 Å². The van der Waals surface area contributed by atoms with Crippen molar-refractivity contribution in [3.63, 3.8) is 0 Å². The molecule has 0 aliphatic carbocycles. The zero-order chi connectivity index (χ0) is 19.9. The quantitative estimate of drug-likeness (QED) is 0.623. The maximum Gasteiger partial charge on any atom is 0.258 e. The molecule has 0 aliphatic heterocycles. The number of nitrogens with one attached hydrogen (secondary N) is 2. The first-order valence-electron chi connectivity index (χ1n) is 8.71. The second kappa shape index (κ2) is 8.90. The third-order valence-corrected chi connectivity index (χ3v) is 4.21. The lowest BCUT2D eigenvalue weighted by atomic mass is 10.2. The molecule has 3 aromatic rings. The van der Waals surface area contributed by atoms with Crippen LogP contribution < -0.4 is 20.1 Å². The van der Waals surface area contributed by atoms with Crippen LogP contribution in [0.2, 0.25) is 0 Å². The van der Waals surface area contributed by atoms with Crippen LogP contribution in [0.5, 0.6) is 11.5 Å². The van der Waals surface area contributed by atoms with Gasteiger partial charge < -0.3 is 20.1 Å². The summed E-state index contributed by atoms with van der Waals surface area (Å²) in [5.41, 5.74) is 2.52. The Labute approximate surface area is 163 Å². The minimum absolute atomic E-state index is 0.0122. The van der Waals surface area contributed by atoms with Crippen molar-refractivity contribution in [3.8, 4) is 11.5 Å². The van der Waals surface area contributed by atoms with Crippen molar-refractivity contribution in [3.05, 3.63) is 83.7 Å². The van der Waals surface area contributed by atoms with Crippen LogP contribution in [0.3, 0.4) is 0 Å². The molecule has 3 aromatic carbocycles. The van der Waals surface area contributed by atoms with Crippen LogP contribution in [0.1, 0.15) is 15.9 Å². The van der Waals surface area contributed by atoms with E-state index in [9.17, 15) is 9.18 Å². The third-order valence-electron chi connectivity index (χ3n) is 4.21. The standard InChI is InChI=1S/C22H21FN2O3/c1-27-20-12-7-15(13-21(20)28-2)14-24-16-8-10-17(11-9-16)25-22(26)18-5-3-4-6-19(18)23/h3-13,24H,14H2,1-2H3,(H,25,26). The van der Waals surface area contributed by atoms with Gasteiger partial charge in [0.05, 0.1) is 19.8 Å². The molecule has 0 radical (unpaired) electrons. The number of methoxy groups -OCH3 is 2. The van der Waals surface area contributed by atoms with Gasteiger partial charge >= 0.3 is 0 Å². The van der Waals surface area contributed by atoms with Gasteiger partial charge in [0.25, 0.3) is 5.91 Å². The Kier molecular flexibility index (Phi) is 6.11. The van der Waals surface area contributed by atoms with Gasteiger partial charge in [-0.15, -0.1) is 0 Å². The van der Waals surface area contributed by atoms with Gasteiger partial charge in [-0.3, -0.25) is 4.79 Å². The Hall–Kier alpha value is -3.54. The summed E-state index contributed by atoms with van der Waals surface area (Å²) in [4.78, 5) is 12.2. The number of rotatable bonds is 7. The number of hydrogen-bond donors (Lipinski definition) is 2. The molecule has 0 unspecified atom stereocenters. The molecule has 2 N–H and O–H groups in total. The van der Waals surface area contributed by atoms with Crippen LogP contribution in [-0.4, -0.2) is 20.1 Å². The molecule has 1 amide bonds. The lowest BCUT2D eigenvalue weighted by molar-refractivity contribution is 0.102. The molecule has 6 heteroatoms. The monoisotopic (exact) mass is 380 g/mol. The fourth-order valence-corrected chi connectivity index (χ4v) is 2.71. The van der Waals surface area contributed by atoms with E-state index < -0.39 is 11.7 Å². The van der Waals surface area contributed by atoms with Gasteiger partial charge in [-0.1, -0.05) is 18.2 Å². The average Bonchev–Trinajstić information content (AvgIpc) is 2.73. The van der Waals surface area contributed by atoms with Crippen LogP contribution in [0.4, 0.5) is 15.8 Å². The molecule has 144 valence electrons. The Morgan fingerprint density at radius 3 is 2.25 bits per heavy atom. The fraction of sp³-hybridized carbons (Fsp3) is 0.136. The molecule has 0 fully saturated rings. The van der Waals surface area contributed by atoms with Gasteiger partial charge in [-0.2, -0.15) is 0 Å². The highest BCUT2D eigenvalue weighted by atomic mass is 19.1. The maximum atomic E-state index is 13.7. The molecule has 0 aliphatic rings. The minimum Gasteiger partial charge on any atom is -0.493 e. The predicted octanol–water partition coefficient (Wildman–Crippen LogP) is 4.71. The molecule has 0 atom stereocenters. The van der Waals surface area contributed by atoms with E-state index in [4.69, 9.17) is 9.47 Å². The van der Waals surface area contributed by atoms with Crippen LogP contribution in [0.25, 0.3) is 0 Å². The topological polar surface area (TPSA) is 59.6 Å². The van der Waals surface area contributed by atoms with Crippen LogP contribution in [-0.2, 0) is 6.54 Å². The molecule has 0 heterocycles. The first-order chi connectivity index (χ1) is 13.6. The van der Waals surface area contributed by atoms with Crippen molar-refractivity contribution in [2.45, 2.75) is 6.54 Å². The summed E-state index contributed by atoms with van der Waals surface area (Å²) in [7, 11) is 3.20. The molecule has 0 saturated heterocycles. The van der Waals surface area contributed by atoms with E-state index in [1.807, 2.05) is 30.3 Å². The highest BCUT2D eigenvalue weighted by Gasteiger charge is 2.11. The summed E-state index contributed by atoms with van der Waals surface area (Å²) in [5, 5.41) is 5.99. The number of benzene rings is 3. The molecule has 0 aromatic heterocycles. The summed E-state index contributed by atoms with van der Waals surface area (Å²) in [6.45, 7) is 0.598. The SMILES string of the molecule is COc1ccc(CNc2ccc(NC(=O)c3ccccc3F)cc2)cc1OC. The first-order valence-corrected chi connectivity index (χ1v) is 8.71. The molecule has 0 saturated carbocycles. The van der Waals surface area contributed by atoms with Crippen LogP contribution in [0.15, 0.2) is 66.7 Å². The van der Waals surface area contributed by atoms with E-state index in [0.29, 0.717) is 23.7 Å². The number of carbonyl (C=O) groups is 1. The second-order valence-corrected chi connectivity index (χ2v) is 6.05. The molecule has 0 bridgehead atoms. The molecular weight excluding hydrogens is 359 g/mol. The predicted molar refractivity (Wildman–Crippen MR) is 108 cm³/mol. The highest BCUT2D eigenvalue weighted by molar-refractivity contribution is 6.04. The van der Waals surface area contributed by atoms with Gasteiger partial charge in [-0.25, -0.2) is 4.39 Å². The van der Waals surface area contributed by atoms with Gasteiger partial charge in [0, 0.05) is 17.9 Å². The van der Waals surface area contributed by atoms with Crippen LogP contribution >= 0.6 is 0 Å². The largest absolute Gasteiger partial charge is 0.493 e. The number of carbonyl (C=O) groups excluding carboxylic acids is 1. The maximum absolute atomic E-state index is 13.7. The summed E-state index contributed by atoms with van der Waals surface area (Å²) in [6, 6.07) is 18.8. The number of amides is 1. The fourth-order valence-electron chi connectivity index (χ4n) is 2.71. The van der Waals surface area contributed by atoms with E-state index in [2.05, 4.69) is 10.6 Å². The van der Waals surface area contributed by atoms with Crippen molar-refractivity contribution < 1.29 is 18.7 Å². The summed E-state index contributed by atoms with van der Waals surface area (Å²) in [6.07, 6.45) is 0. The van der Waals surface area contributed by atoms with Crippen molar-refractivity contribution in [2.75, 3.05) is 24.9 Å². The molecule has 5 nitrogen and oxygen atoms in total. The van der Waals surface area contributed by atoms with Crippen LogP contribution in [0, 0.1) is 5.82 Å². The van der Waals surface area contributed by atoms with Crippen molar-refractivity contribution in [1.82, 2.24) is 0 Å². The van der Waals surface area contributed by atoms with E-state index >= 15 is 0 Å². The number of hydrogen-bond acceptors (Lipinski definition) is 4. The van der Waals surface area contributed by atoms with E-state index in [1.54, 1.807) is 38.5 Å². The van der Waals surface area contributed by atoms with Gasteiger partial charge in [0.1, 0.15) is 5.82 Å². The highest BCUT2D eigenvalue weighted by Crippen LogP contribution is 2.28. The Morgan fingerprint density at radius 2 is 1.57 bits per heavy atom. The Morgan fingerprint density at radius 1 is 0.893 bits per heavy atom. The molecule has 28 heavy (non-hydrogen) atoms. The molecule has 0 spiro atoms. The number of halogens is 1. The summed E-state index contributed by atoms with van der Waals surface area (Å²) >= 11 is 0. The molecular formula is C22H21FN2O3. The lowest BCUT2D eigenvalue weighted by Crippen LogP contribution is -2.13. The van der Waals surface area contributed by atoms with E-state index in [0.717, 1.165) is 11.3 Å². The zero-order valence-corrected chi connectivity index (χ0v) is 15.7. The smallest absolute Gasteiger partial charge is 0.258 e. The lowest BCUT2D eigenvalue weighted by Gasteiger charge is -2.11. The van der Waals surface area contributed by atoms with E-state index in [-0.39, 0.29) is 5.56 Å². The Balaban J connectivity index is 1.60. The normalized spacial score (nSPS) is 10.2. The van der Waals surface area contributed by atoms with Crippen molar-refractivity contribution in [1.29, 1.82) is 0 Å².